The van der Waals surface area contributed by atoms with Gasteiger partial charge >= 0.3 is 0 Å². The van der Waals surface area contributed by atoms with Crippen LogP contribution in [0.3, 0.4) is 0 Å². The minimum atomic E-state index is -3.58. The van der Waals surface area contributed by atoms with Gasteiger partial charge in [0.15, 0.2) is 0 Å². The predicted octanol–water partition coefficient (Wildman–Crippen LogP) is 1.93. The van der Waals surface area contributed by atoms with E-state index in [1.165, 1.54) is 18.2 Å². The molecule has 0 saturated heterocycles. The van der Waals surface area contributed by atoms with Crippen LogP contribution >= 0.6 is 11.6 Å². The summed E-state index contributed by atoms with van der Waals surface area (Å²) in [7, 11) is -1.57. The first-order valence-electron chi connectivity index (χ1n) is 6.49. The van der Waals surface area contributed by atoms with Crippen LogP contribution < -0.4 is 10.5 Å². The minimum Gasteiger partial charge on any atom is -0.398 e. The Bertz CT molecular complexity index is 547. The summed E-state index contributed by atoms with van der Waals surface area (Å²) < 4.78 is 26.7. The number of rotatable bonds is 7. The summed E-state index contributed by atoms with van der Waals surface area (Å²) in [5, 5.41) is 0.417. The van der Waals surface area contributed by atoms with E-state index in [0.29, 0.717) is 17.6 Å². The van der Waals surface area contributed by atoms with Crippen molar-refractivity contribution in [3.8, 4) is 0 Å². The highest BCUT2D eigenvalue weighted by Crippen LogP contribution is 2.22. The van der Waals surface area contributed by atoms with Gasteiger partial charge in [-0.1, -0.05) is 11.6 Å². The quantitative estimate of drug-likeness (QED) is 0.595. The molecule has 0 aliphatic rings. The Kier molecular flexibility index (Phi) is 6.26. The summed E-state index contributed by atoms with van der Waals surface area (Å²) in [6.45, 7) is 5.40. The van der Waals surface area contributed by atoms with Crippen molar-refractivity contribution in [2.24, 2.45) is 0 Å². The van der Waals surface area contributed by atoms with Gasteiger partial charge in [0.25, 0.3) is 0 Å². The molecule has 1 aromatic carbocycles. The first-order chi connectivity index (χ1) is 9.24. The predicted molar refractivity (Wildman–Crippen MR) is 83.4 cm³/mol. The maximum Gasteiger partial charge on any atom is 0.242 e. The standard InChI is InChI=1S/C13H22ClN3O2S/c1-10(2)17(3)8-4-7-16-20(18,19)13-6-5-11(14)9-12(13)15/h5-6,9-10,16H,4,7-8,15H2,1-3H3. The van der Waals surface area contributed by atoms with Crippen LogP contribution in [0.1, 0.15) is 20.3 Å². The zero-order chi connectivity index (χ0) is 15.3. The van der Waals surface area contributed by atoms with E-state index >= 15 is 0 Å². The van der Waals surface area contributed by atoms with Gasteiger partial charge in [-0.05, 0) is 52.1 Å². The topological polar surface area (TPSA) is 75.4 Å². The lowest BCUT2D eigenvalue weighted by Gasteiger charge is -2.20. The van der Waals surface area contributed by atoms with Crippen molar-refractivity contribution < 1.29 is 8.42 Å². The van der Waals surface area contributed by atoms with Crippen LogP contribution in [0.5, 0.6) is 0 Å². The van der Waals surface area contributed by atoms with Crippen LogP contribution in [0.2, 0.25) is 5.02 Å². The van der Waals surface area contributed by atoms with Gasteiger partial charge in [0.2, 0.25) is 10.0 Å². The van der Waals surface area contributed by atoms with Crippen LogP contribution in [0.15, 0.2) is 23.1 Å². The molecule has 1 rings (SSSR count). The molecule has 20 heavy (non-hydrogen) atoms. The smallest absolute Gasteiger partial charge is 0.242 e. The van der Waals surface area contributed by atoms with Crippen LogP contribution in [0.25, 0.3) is 0 Å². The van der Waals surface area contributed by atoms with E-state index in [2.05, 4.69) is 23.5 Å². The van der Waals surface area contributed by atoms with Crippen LogP contribution in [0, 0.1) is 0 Å². The molecule has 0 aliphatic carbocycles. The second kappa shape index (κ2) is 7.26. The molecule has 114 valence electrons. The van der Waals surface area contributed by atoms with Gasteiger partial charge in [0.1, 0.15) is 4.90 Å². The minimum absolute atomic E-state index is 0.0686. The summed E-state index contributed by atoms with van der Waals surface area (Å²) in [4.78, 5) is 2.23. The molecule has 0 spiro atoms. The number of nitrogens with one attached hydrogen (secondary N) is 1. The third-order valence-electron chi connectivity index (χ3n) is 3.12. The highest BCUT2D eigenvalue weighted by atomic mass is 35.5. The fraction of sp³-hybridized carbons (Fsp3) is 0.538. The molecule has 0 saturated carbocycles. The highest BCUT2D eigenvalue weighted by Gasteiger charge is 2.17. The van der Waals surface area contributed by atoms with Crippen molar-refractivity contribution in [1.29, 1.82) is 0 Å². The second-order valence-electron chi connectivity index (χ2n) is 5.01. The van der Waals surface area contributed by atoms with Gasteiger partial charge in [-0.25, -0.2) is 13.1 Å². The van der Waals surface area contributed by atoms with E-state index < -0.39 is 10.0 Å². The highest BCUT2D eigenvalue weighted by molar-refractivity contribution is 7.89. The lowest BCUT2D eigenvalue weighted by molar-refractivity contribution is 0.271. The molecule has 7 heteroatoms. The van der Waals surface area contributed by atoms with Crippen LogP contribution in [-0.4, -0.2) is 39.5 Å². The zero-order valence-corrected chi connectivity index (χ0v) is 13.6. The number of nitrogens with zero attached hydrogens (tertiary/aromatic N) is 1. The first kappa shape index (κ1) is 17.2. The van der Waals surface area contributed by atoms with Gasteiger partial charge in [-0.2, -0.15) is 0 Å². The largest absolute Gasteiger partial charge is 0.398 e. The zero-order valence-electron chi connectivity index (χ0n) is 12.1. The van der Waals surface area contributed by atoms with E-state index in [1.54, 1.807) is 0 Å². The molecule has 0 amide bonds. The van der Waals surface area contributed by atoms with Gasteiger partial charge in [0, 0.05) is 17.6 Å². The molecule has 0 aliphatic heterocycles. The Morgan fingerprint density at radius 3 is 2.60 bits per heavy atom. The van der Waals surface area contributed by atoms with E-state index in [4.69, 9.17) is 17.3 Å². The number of nitrogen functional groups attached to an aromatic ring is 1. The van der Waals surface area contributed by atoms with E-state index in [9.17, 15) is 8.42 Å². The number of nitrogens with two attached hydrogens (primary N) is 1. The first-order valence-corrected chi connectivity index (χ1v) is 8.35. The number of sulfonamides is 1. The van der Waals surface area contributed by atoms with Crippen molar-refractivity contribution in [2.75, 3.05) is 25.9 Å². The lowest BCUT2D eigenvalue weighted by atomic mass is 10.3. The fourth-order valence-corrected chi connectivity index (χ4v) is 3.00. The average Bonchev–Trinajstić information content (AvgIpc) is 2.33. The maximum atomic E-state index is 12.1. The monoisotopic (exact) mass is 319 g/mol. The average molecular weight is 320 g/mol. The van der Waals surface area contributed by atoms with Crippen LogP contribution in [-0.2, 0) is 10.0 Å². The van der Waals surface area contributed by atoms with E-state index in [0.717, 1.165) is 13.0 Å². The maximum absolute atomic E-state index is 12.1. The summed E-state index contributed by atoms with van der Waals surface area (Å²) >= 11 is 5.76. The van der Waals surface area contributed by atoms with Gasteiger partial charge in [-0.15, -0.1) is 0 Å². The SMILES string of the molecule is CC(C)N(C)CCCNS(=O)(=O)c1ccc(Cl)cc1N. The molecule has 0 radical (unpaired) electrons. The molecule has 0 atom stereocenters. The summed E-state index contributed by atoms with van der Waals surface area (Å²) in [5.41, 5.74) is 5.84. The Hall–Kier alpha value is -0.820. The third-order valence-corrected chi connectivity index (χ3v) is 4.89. The lowest BCUT2D eigenvalue weighted by Crippen LogP contribution is -2.31. The summed E-state index contributed by atoms with van der Waals surface area (Å²) in [6.07, 6.45) is 0.738. The molecule has 3 N–H and O–H groups in total. The summed E-state index contributed by atoms with van der Waals surface area (Å²) in [5.74, 6) is 0. The molecular weight excluding hydrogens is 298 g/mol. The molecule has 5 nitrogen and oxygen atoms in total. The number of hydrogen-bond acceptors (Lipinski definition) is 4. The Labute approximate surface area is 126 Å². The second-order valence-corrected chi connectivity index (χ2v) is 7.18. The Morgan fingerprint density at radius 2 is 2.05 bits per heavy atom. The van der Waals surface area contributed by atoms with E-state index in [1.807, 2.05) is 7.05 Å². The van der Waals surface area contributed by atoms with Gasteiger partial charge in [-0.3, -0.25) is 0 Å². The molecule has 0 heterocycles. The molecular formula is C13H22ClN3O2S. The number of halogens is 1. The van der Waals surface area contributed by atoms with Crippen molar-refractivity contribution in [1.82, 2.24) is 9.62 Å². The molecule has 0 aromatic heterocycles. The number of hydrogen-bond donors (Lipinski definition) is 2. The third kappa shape index (κ3) is 4.94. The van der Waals surface area contributed by atoms with Gasteiger partial charge < -0.3 is 10.6 Å². The number of benzene rings is 1. The van der Waals surface area contributed by atoms with Crippen molar-refractivity contribution in [3.63, 3.8) is 0 Å². The van der Waals surface area contributed by atoms with E-state index in [-0.39, 0.29) is 10.6 Å². The van der Waals surface area contributed by atoms with Crippen molar-refractivity contribution >= 4 is 27.3 Å². The normalized spacial score (nSPS) is 12.3. The van der Waals surface area contributed by atoms with Crippen molar-refractivity contribution in [3.05, 3.63) is 23.2 Å². The molecule has 0 unspecified atom stereocenters. The van der Waals surface area contributed by atoms with Crippen molar-refractivity contribution in [2.45, 2.75) is 31.2 Å². The van der Waals surface area contributed by atoms with Gasteiger partial charge in [0.05, 0.1) is 5.69 Å². The molecule has 1 aromatic rings. The molecule has 0 bridgehead atoms. The van der Waals surface area contributed by atoms with Crippen LogP contribution in [0.4, 0.5) is 5.69 Å². The number of anilines is 1. The Balaban J connectivity index is 2.58. The fourth-order valence-electron chi connectivity index (χ4n) is 1.63. The summed E-state index contributed by atoms with van der Waals surface area (Å²) in [6, 6.07) is 4.81. The Morgan fingerprint density at radius 1 is 1.40 bits per heavy atom. The molecule has 0 fully saturated rings.